The zero-order valence-corrected chi connectivity index (χ0v) is 22.6. The highest BCUT2D eigenvalue weighted by Crippen LogP contribution is 2.37. The van der Waals surface area contributed by atoms with E-state index in [-0.39, 0.29) is 46.1 Å². The summed E-state index contributed by atoms with van der Waals surface area (Å²) >= 11 is 0. The van der Waals surface area contributed by atoms with Crippen LogP contribution in [0.2, 0.25) is 0 Å². The van der Waals surface area contributed by atoms with Crippen LogP contribution in [0.4, 0.5) is 0 Å². The first-order valence-electron chi connectivity index (χ1n) is 11.8. The fourth-order valence-electron chi connectivity index (χ4n) is 4.73. The second-order valence-corrected chi connectivity index (χ2v) is 10.9. The minimum atomic E-state index is -0.284. The molecule has 0 spiro atoms. The number of carbonyl (C=O) groups excluding carboxylic acids is 1. The molecule has 3 aromatic carbocycles. The summed E-state index contributed by atoms with van der Waals surface area (Å²) in [6.07, 6.45) is 5.05. The van der Waals surface area contributed by atoms with Gasteiger partial charge >= 0.3 is 5.97 Å². The summed E-state index contributed by atoms with van der Waals surface area (Å²) in [7, 11) is -0.214. The number of hydrogen-bond donors (Lipinski definition) is 0. The Balaban J connectivity index is 0.00000324. The summed E-state index contributed by atoms with van der Waals surface area (Å²) in [6.45, 7) is 6.16. The van der Waals surface area contributed by atoms with E-state index in [0.29, 0.717) is 0 Å². The van der Waals surface area contributed by atoms with Crippen molar-refractivity contribution in [1.29, 1.82) is 0 Å². The number of rotatable bonds is 8. The van der Waals surface area contributed by atoms with E-state index in [4.69, 9.17) is 9.47 Å². The van der Waals surface area contributed by atoms with Gasteiger partial charge in [0.25, 0.3) is 0 Å². The van der Waals surface area contributed by atoms with Crippen molar-refractivity contribution in [1.82, 2.24) is 0 Å². The first-order valence-corrected chi connectivity index (χ1v) is 13.0. The molecule has 1 saturated carbocycles. The molecule has 0 aliphatic heterocycles. The second-order valence-electron chi connectivity index (χ2n) is 8.82. The van der Waals surface area contributed by atoms with E-state index in [0.717, 1.165) is 49.0 Å². The maximum atomic E-state index is 12.6. The highest BCUT2D eigenvalue weighted by Gasteiger charge is 2.36. The molecule has 3 aromatic rings. The number of ether oxygens (including phenoxy) is 2. The Kier molecular flexibility index (Phi) is 9.26. The predicted octanol–water partition coefficient (Wildman–Crippen LogP) is 4.05. The molecule has 0 atom stereocenters. The van der Waals surface area contributed by atoms with Gasteiger partial charge in [0.15, 0.2) is 21.3 Å². The maximum absolute atomic E-state index is 12.6. The van der Waals surface area contributed by atoms with Gasteiger partial charge in [-0.15, -0.1) is 0 Å². The van der Waals surface area contributed by atoms with Gasteiger partial charge < -0.3 is 26.5 Å². The molecule has 0 saturated heterocycles. The molecule has 34 heavy (non-hydrogen) atoms. The van der Waals surface area contributed by atoms with Gasteiger partial charge in [0.1, 0.15) is 11.4 Å². The van der Waals surface area contributed by atoms with E-state index in [9.17, 15) is 4.79 Å². The number of halogens is 1. The zero-order chi connectivity index (χ0) is 23.3. The van der Waals surface area contributed by atoms with Gasteiger partial charge in [0, 0.05) is 12.1 Å². The van der Waals surface area contributed by atoms with Gasteiger partial charge in [-0.05, 0) is 81.3 Å². The third kappa shape index (κ3) is 6.05. The standard InChI is InChI=1S/C29H33O3S.BrH/c1-4-29(17-11-12-18-29)32-27(30)21-31-28-22(2)19-26(20-23(28)3)33(24-13-7-5-8-14-24)25-15-9-6-10-16-25;/h5-10,13-16,19-20H,4,11-12,17-18,21H2,1-3H3;1H/q+1;/p-1. The summed E-state index contributed by atoms with van der Waals surface area (Å²) in [5.41, 5.74) is 1.79. The highest BCUT2D eigenvalue weighted by atomic mass is 79.9. The van der Waals surface area contributed by atoms with Crippen molar-refractivity contribution in [3.63, 3.8) is 0 Å². The number of esters is 1. The Morgan fingerprint density at radius 1 is 0.853 bits per heavy atom. The Morgan fingerprint density at radius 2 is 1.35 bits per heavy atom. The summed E-state index contributed by atoms with van der Waals surface area (Å²) in [4.78, 5) is 16.4. The number of carbonyl (C=O) groups is 1. The SMILES string of the molecule is CCC1(OC(=O)COc2c(C)cc([S+](c3ccccc3)c3ccccc3)cc2C)CCCC1.[Br-]. The topological polar surface area (TPSA) is 35.5 Å². The van der Waals surface area contributed by atoms with Crippen LogP contribution < -0.4 is 21.7 Å². The largest absolute Gasteiger partial charge is 1.00 e. The molecule has 0 radical (unpaired) electrons. The Labute approximate surface area is 217 Å². The quantitative estimate of drug-likeness (QED) is 0.319. The van der Waals surface area contributed by atoms with Crippen LogP contribution in [0, 0.1) is 13.8 Å². The van der Waals surface area contributed by atoms with Crippen LogP contribution in [0.5, 0.6) is 5.75 Å². The minimum absolute atomic E-state index is 0. The van der Waals surface area contributed by atoms with Crippen molar-refractivity contribution >= 4 is 16.9 Å². The van der Waals surface area contributed by atoms with Crippen molar-refractivity contribution in [2.24, 2.45) is 0 Å². The van der Waals surface area contributed by atoms with Crippen molar-refractivity contribution < 1.29 is 31.2 Å². The summed E-state index contributed by atoms with van der Waals surface area (Å²) < 4.78 is 11.9. The molecule has 1 fully saturated rings. The van der Waals surface area contributed by atoms with Gasteiger partial charge in [-0.25, -0.2) is 4.79 Å². The lowest BCUT2D eigenvalue weighted by Gasteiger charge is -2.27. The van der Waals surface area contributed by atoms with Crippen molar-refractivity contribution in [3.05, 3.63) is 83.9 Å². The molecule has 180 valence electrons. The molecule has 0 amide bonds. The van der Waals surface area contributed by atoms with Crippen LogP contribution in [0.15, 0.2) is 87.5 Å². The lowest BCUT2D eigenvalue weighted by atomic mass is 9.99. The van der Waals surface area contributed by atoms with Gasteiger partial charge in [-0.3, -0.25) is 0 Å². The first kappa shape index (κ1) is 26.4. The Hall–Kier alpha value is -2.24. The van der Waals surface area contributed by atoms with Crippen LogP contribution in [0.25, 0.3) is 0 Å². The molecule has 1 aliphatic carbocycles. The van der Waals surface area contributed by atoms with E-state index in [1.807, 2.05) is 0 Å². The normalized spacial score (nSPS) is 14.5. The second kappa shape index (κ2) is 11.9. The monoisotopic (exact) mass is 540 g/mol. The van der Waals surface area contributed by atoms with Crippen molar-refractivity contribution in [2.45, 2.75) is 73.2 Å². The van der Waals surface area contributed by atoms with Crippen LogP contribution >= 0.6 is 0 Å². The summed E-state index contributed by atoms with van der Waals surface area (Å²) in [5, 5.41) is 0. The smallest absolute Gasteiger partial charge is 0.344 e. The molecular weight excluding hydrogens is 508 g/mol. The van der Waals surface area contributed by atoms with Crippen molar-refractivity contribution in [3.8, 4) is 5.75 Å². The number of hydrogen-bond acceptors (Lipinski definition) is 3. The van der Waals surface area contributed by atoms with E-state index >= 15 is 0 Å². The number of aryl methyl sites for hydroxylation is 2. The zero-order valence-electron chi connectivity index (χ0n) is 20.2. The van der Waals surface area contributed by atoms with Crippen LogP contribution in [0.1, 0.15) is 50.2 Å². The minimum Gasteiger partial charge on any atom is -1.00 e. The summed E-state index contributed by atoms with van der Waals surface area (Å²) in [5.74, 6) is 0.507. The molecule has 0 heterocycles. The van der Waals surface area contributed by atoms with Gasteiger partial charge in [0.2, 0.25) is 0 Å². The van der Waals surface area contributed by atoms with Gasteiger partial charge in [-0.1, -0.05) is 43.3 Å². The van der Waals surface area contributed by atoms with Gasteiger partial charge in [-0.2, -0.15) is 0 Å². The van der Waals surface area contributed by atoms with E-state index in [2.05, 4.69) is 93.6 Å². The predicted molar refractivity (Wildman–Crippen MR) is 134 cm³/mol. The fraction of sp³-hybridized carbons (Fsp3) is 0.345. The van der Waals surface area contributed by atoms with E-state index < -0.39 is 0 Å². The molecule has 1 aliphatic rings. The van der Waals surface area contributed by atoms with Crippen LogP contribution in [-0.4, -0.2) is 18.2 Å². The maximum Gasteiger partial charge on any atom is 0.344 e. The Bertz CT molecular complexity index is 1020. The average Bonchev–Trinajstić information content (AvgIpc) is 3.29. The molecule has 0 aromatic heterocycles. The van der Waals surface area contributed by atoms with E-state index in [1.165, 1.54) is 14.7 Å². The molecular formula is C29H33BrO3S. The Morgan fingerprint density at radius 3 is 1.82 bits per heavy atom. The van der Waals surface area contributed by atoms with Crippen molar-refractivity contribution in [2.75, 3.05) is 6.61 Å². The first-order chi connectivity index (χ1) is 16.0. The number of benzene rings is 3. The molecule has 0 N–H and O–H groups in total. The third-order valence-corrected chi connectivity index (χ3v) is 8.65. The lowest BCUT2D eigenvalue weighted by molar-refractivity contribution is -0.162. The lowest BCUT2D eigenvalue weighted by Crippen LogP contribution is -3.00. The average molecular weight is 542 g/mol. The molecule has 4 rings (SSSR count). The third-order valence-electron chi connectivity index (χ3n) is 6.45. The fourth-order valence-corrected chi connectivity index (χ4v) is 6.99. The van der Waals surface area contributed by atoms with E-state index in [1.54, 1.807) is 0 Å². The molecule has 0 bridgehead atoms. The molecule has 3 nitrogen and oxygen atoms in total. The van der Waals surface area contributed by atoms with Crippen LogP contribution in [0.3, 0.4) is 0 Å². The summed E-state index contributed by atoms with van der Waals surface area (Å²) in [6, 6.07) is 25.6. The van der Waals surface area contributed by atoms with Gasteiger partial charge in [0.05, 0.1) is 10.9 Å². The molecule has 0 unspecified atom stereocenters. The molecule has 5 heteroatoms. The van der Waals surface area contributed by atoms with Crippen LogP contribution in [-0.2, 0) is 20.4 Å². The highest BCUT2D eigenvalue weighted by molar-refractivity contribution is 7.97.